The van der Waals surface area contributed by atoms with Crippen LogP contribution in [0.25, 0.3) is 11.4 Å². The summed E-state index contributed by atoms with van der Waals surface area (Å²) < 4.78 is 15.5. The molecule has 6 heteroatoms. The van der Waals surface area contributed by atoms with E-state index in [1.807, 2.05) is 30.3 Å². The Bertz CT molecular complexity index is 723. The van der Waals surface area contributed by atoms with E-state index >= 15 is 0 Å². The number of benzene rings is 2. The first-order valence-corrected chi connectivity index (χ1v) is 6.09. The van der Waals surface area contributed by atoms with Crippen LogP contribution in [0.1, 0.15) is 5.56 Å². The van der Waals surface area contributed by atoms with Crippen molar-refractivity contribution in [2.24, 2.45) is 0 Å². The van der Waals surface area contributed by atoms with E-state index in [9.17, 15) is 4.39 Å². The van der Waals surface area contributed by atoms with E-state index in [4.69, 9.17) is 5.73 Å². The van der Waals surface area contributed by atoms with Gasteiger partial charge in [-0.15, -0.1) is 5.10 Å². The van der Waals surface area contributed by atoms with Crippen LogP contribution in [0.5, 0.6) is 0 Å². The molecule has 0 bridgehead atoms. The van der Waals surface area contributed by atoms with Crippen LogP contribution in [0.3, 0.4) is 0 Å². The Balaban J connectivity index is 1.98. The number of rotatable bonds is 3. The van der Waals surface area contributed by atoms with Crippen LogP contribution in [0.15, 0.2) is 48.5 Å². The Labute approximate surface area is 114 Å². The molecule has 2 N–H and O–H groups in total. The van der Waals surface area contributed by atoms with Gasteiger partial charge in [0.2, 0.25) is 0 Å². The molecular formula is C14H12FN5. The van der Waals surface area contributed by atoms with Crippen LogP contribution in [0.2, 0.25) is 0 Å². The van der Waals surface area contributed by atoms with Crippen molar-refractivity contribution in [3.8, 4) is 11.4 Å². The van der Waals surface area contributed by atoms with E-state index in [0.29, 0.717) is 23.6 Å². The van der Waals surface area contributed by atoms with E-state index in [2.05, 4.69) is 15.5 Å². The lowest BCUT2D eigenvalue weighted by Gasteiger charge is -2.06. The van der Waals surface area contributed by atoms with Crippen LogP contribution in [0.4, 0.5) is 10.1 Å². The lowest BCUT2D eigenvalue weighted by molar-refractivity contribution is 0.621. The van der Waals surface area contributed by atoms with Crippen molar-refractivity contribution in [2.45, 2.75) is 6.54 Å². The number of hydrogen-bond acceptors (Lipinski definition) is 4. The molecule has 0 unspecified atom stereocenters. The largest absolute Gasteiger partial charge is 0.399 e. The van der Waals surface area contributed by atoms with E-state index in [0.717, 1.165) is 5.56 Å². The highest BCUT2D eigenvalue weighted by molar-refractivity contribution is 5.59. The number of nitrogens with zero attached hydrogens (tertiary/aromatic N) is 4. The van der Waals surface area contributed by atoms with Crippen molar-refractivity contribution in [2.75, 3.05) is 5.73 Å². The predicted octanol–water partition coefficient (Wildman–Crippen LogP) is 2.11. The van der Waals surface area contributed by atoms with E-state index in [-0.39, 0.29) is 0 Å². The van der Waals surface area contributed by atoms with Crippen LogP contribution in [-0.2, 0) is 6.54 Å². The number of nitrogen functional groups attached to an aromatic ring is 1. The van der Waals surface area contributed by atoms with Crippen LogP contribution in [-0.4, -0.2) is 20.2 Å². The SMILES string of the molecule is Nc1ccc(-c2nnnn2Cc2ccccc2)c(F)c1. The van der Waals surface area contributed by atoms with Gasteiger partial charge in [-0.05, 0) is 34.2 Å². The zero-order valence-electron chi connectivity index (χ0n) is 10.6. The smallest absolute Gasteiger partial charge is 0.185 e. The topological polar surface area (TPSA) is 69.6 Å². The van der Waals surface area contributed by atoms with Gasteiger partial charge < -0.3 is 5.73 Å². The first-order valence-electron chi connectivity index (χ1n) is 6.09. The average molecular weight is 269 g/mol. The van der Waals surface area contributed by atoms with Crippen molar-refractivity contribution in [1.82, 2.24) is 20.2 Å². The lowest BCUT2D eigenvalue weighted by atomic mass is 10.1. The summed E-state index contributed by atoms with van der Waals surface area (Å²) in [6, 6.07) is 14.2. The predicted molar refractivity (Wildman–Crippen MR) is 73.2 cm³/mol. The maximum atomic E-state index is 13.9. The Morgan fingerprint density at radius 1 is 1.10 bits per heavy atom. The molecule has 0 radical (unpaired) electrons. The lowest BCUT2D eigenvalue weighted by Crippen LogP contribution is -2.05. The normalized spacial score (nSPS) is 10.7. The Hall–Kier alpha value is -2.76. The van der Waals surface area contributed by atoms with Gasteiger partial charge in [0, 0.05) is 5.69 Å². The third kappa shape index (κ3) is 2.35. The third-order valence-electron chi connectivity index (χ3n) is 2.94. The van der Waals surface area contributed by atoms with Gasteiger partial charge in [-0.2, -0.15) is 0 Å². The minimum absolute atomic E-state index is 0.333. The van der Waals surface area contributed by atoms with Gasteiger partial charge in [0.15, 0.2) is 5.82 Å². The number of anilines is 1. The molecule has 2 aromatic carbocycles. The van der Waals surface area contributed by atoms with Crippen LogP contribution < -0.4 is 5.73 Å². The second kappa shape index (κ2) is 5.08. The molecule has 0 amide bonds. The summed E-state index contributed by atoms with van der Waals surface area (Å²) in [4.78, 5) is 0. The molecule has 0 saturated carbocycles. The molecule has 0 atom stereocenters. The summed E-state index contributed by atoms with van der Waals surface area (Å²) >= 11 is 0. The fraction of sp³-hybridized carbons (Fsp3) is 0.0714. The fourth-order valence-corrected chi connectivity index (χ4v) is 1.97. The van der Waals surface area contributed by atoms with Crippen LogP contribution >= 0.6 is 0 Å². The van der Waals surface area contributed by atoms with E-state index < -0.39 is 5.82 Å². The first kappa shape index (κ1) is 12.3. The summed E-state index contributed by atoms with van der Waals surface area (Å²) in [5.74, 6) is -0.0551. The molecule has 20 heavy (non-hydrogen) atoms. The van der Waals surface area contributed by atoms with Gasteiger partial charge in [-0.1, -0.05) is 30.3 Å². The summed E-state index contributed by atoms with van der Waals surface area (Å²) in [5, 5.41) is 11.4. The minimum Gasteiger partial charge on any atom is -0.399 e. The van der Waals surface area contributed by atoms with Gasteiger partial charge in [-0.3, -0.25) is 0 Å². The molecule has 5 nitrogen and oxygen atoms in total. The fourth-order valence-electron chi connectivity index (χ4n) is 1.97. The highest BCUT2D eigenvalue weighted by Crippen LogP contribution is 2.22. The molecule has 0 saturated heterocycles. The Morgan fingerprint density at radius 2 is 1.90 bits per heavy atom. The molecule has 1 heterocycles. The first-order chi connectivity index (χ1) is 9.74. The Morgan fingerprint density at radius 3 is 2.65 bits per heavy atom. The monoisotopic (exact) mass is 269 g/mol. The summed E-state index contributed by atoms with van der Waals surface area (Å²) in [6.45, 7) is 0.479. The molecule has 3 aromatic rings. The number of hydrogen-bond donors (Lipinski definition) is 1. The van der Waals surface area contributed by atoms with E-state index in [1.165, 1.54) is 6.07 Å². The molecule has 0 aliphatic rings. The standard InChI is InChI=1S/C14H12FN5/c15-13-8-11(16)6-7-12(13)14-17-18-19-20(14)9-10-4-2-1-3-5-10/h1-8H,9,16H2. The number of halogens is 1. The van der Waals surface area contributed by atoms with Crippen molar-refractivity contribution in [3.63, 3.8) is 0 Å². The zero-order chi connectivity index (χ0) is 13.9. The molecule has 0 fully saturated rings. The summed E-state index contributed by atoms with van der Waals surface area (Å²) in [6.07, 6.45) is 0. The summed E-state index contributed by atoms with van der Waals surface area (Å²) in [7, 11) is 0. The molecule has 1 aromatic heterocycles. The maximum Gasteiger partial charge on any atom is 0.185 e. The molecule has 0 aliphatic carbocycles. The Kier molecular flexibility index (Phi) is 3.12. The second-order valence-corrected chi connectivity index (χ2v) is 4.39. The minimum atomic E-state index is -0.436. The quantitative estimate of drug-likeness (QED) is 0.739. The van der Waals surface area contributed by atoms with Gasteiger partial charge in [0.05, 0.1) is 12.1 Å². The maximum absolute atomic E-state index is 13.9. The van der Waals surface area contributed by atoms with Gasteiger partial charge in [0.1, 0.15) is 5.82 Å². The third-order valence-corrected chi connectivity index (χ3v) is 2.94. The van der Waals surface area contributed by atoms with Crippen molar-refractivity contribution < 1.29 is 4.39 Å². The molecule has 0 spiro atoms. The van der Waals surface area contributed by atoms with Gasteiger partial charge in [0.25, 0.3) is 0 Å². The summed E-state index contributed by atoms with van der Waals surface area (Å²) in [5.41, 5.74) is 7.29. The van der Waals surface area contributed by atoms with Crippen molar-refractivity contribution in [3.05, 3.63) is 59.9 Å². The molecular weight excluding hydrogens is 257 g/mol. The molecule has 3 rings (SSSR count). The van der Waals surface area contributed by atoms with Gasteiger partial charge >= 0.3 is 0 Å². The molecule has 0 aliphatic heterocycles. The van der Waals surface area contributed by atoms with Crippen LogP contribution in [0, 0.1) is 5.82 Å². The van der Waals surface area contributed by atoms with E-state index in [1.54, 1.807) is 16.8 Å². The zero-order valence-corrected chi connectivity index (χ0v) is 10.6. The number of tetrazole rings is 1. The highest BCUT2D eigenvalue weighted by Gasteiger charge is 2.13. The number of nitrogens with two attached hydrogens (primary N) is 1. The second-order valence-electron chi connectivity index (χ2n) is 4.39. The highest BCUT2D eigenvalue weighted by atomic mass is 19.1. The van der Waals surface area contributed by atoms with Crippen molar-refractivity contribution in [1.29, 1.82) is 0 Å². The van der Waals surface area contributed by atoms with Gasteiger partial charge in [-0.25, -0.2) is 9.07 Å². The van der Waals surface area contributed by atoms with Crippen molar-refractivity contribution >= 4 is 5.69 Å². The number of aromatic nitrogens is 4. The molecule has 100 valence electrons. The average Bonchev–Trinajstić information content (AvgIpc) is 2.88.